The summed E-state index contributed by atoms with van der Waals surface area (Å²) in [4.78, 5) is 18.5. The maximum absolute atomic E-state index is 13.8. The predicted molar refractivity (Wildman–Crippen MR) is 85.9 cm³/mol. The quantitative estimate of drug-likeness (QED) is 0.726. The third-order valence-corrected chi connectivity index (χ3v) is 4.43. The topological polar surface area (TPSA) is 63.9 Å². The molecule has 0 saturated carbocycles. The van der Waals surface area contributed by atoms with Crippen LogP contribution in [0.3, 0.4) is 0 Å². The molecule has 0 unspecified atom stereocenters. The van der Waals surface area contributed by atoms with Crippen molar-refractivity contribution in [1.29, 1.82) is 0 Å². The highest BCUT2D eigenvalue weighted by Crippen LogP contribution is 2.25. The number of rotatable bonds is 2. The van der Waals surface area contributed by atoms with Crippen LogP contribution in [0.15, 0.2) is 42.6 Å². The summed E-state index contributed by atoms with van der Waals surface area (Å²) in [5.41, 5.74) is 1.66. The monoisotopic (exact) mass is 325 g/mol. The number of piperidine rings is 1. The molecule has 2 aromatic heterocycles. The normalized spacial score (nSPS) is 15.8. The van der Waals surface area contributed by atoms with Crippen molar-refractivity contribution in [3.05, 3.63) is 54.0 Å². The Bertz CT molecular complexity index is 885. The molecule has 1 fully saturated rings. The Morgan fingerprint density at radius 1 is 1.12 bits per heavy atom. The average Bonchev–Trinajstić information content (AvgIpc) is 3.06. The summed E-state index contributed by atoms with van der Waals surface area (Å²) in [6, 6.07) is 9.96. The van der Waals surface area contributed by atoms with Crippen molar-refractivity contribution in [2.75, 3.05) is 13.1 Å². The highest BCUT2D eigenvalue weighted by atomic mass is 19.1. The van der Waals surface area contributed by atoms with Crippen LogP contribution in [-0.2, 0) is 0 Å². The van der Waals surface area contributed by atoms with Gasteiger partial charge in [-0.05, 0) is 37.1 Å². The maximum Gasteiger partial charge on any atom is 0.256 e. The van der Waals surface area contributed by atoms with E-state index in [9.17, 15) is 9.18 Å². The lowest BCUT2D eigenvalue weighted by molar-refractivity contribution is 0.0686. The van der Waals surface area contributed by atoms with Crippen molar-refractivity contribution in [2.24, 2.45) is 0 Å². The van der Waals surface area contributed by atoms with E-state index in [2.05, 4.69) is 15.3 Å². The van der Waals surface area contributed by atoms with Gasteiger partial charge in [-0.2, -0.15) is 0 Å². The summed E-state index contributed by atoms with van der Waals surface area (Å²) >= 11 is 0. The molecule has 0 radical (unpaired) electrons. The molecule has 3 heterocycles. The van der Waals surface area contributed by atoms with Gasteiger partial charge >= 0.3 is 0 Å². The molecular weight excluding hydrogens is 309 g/mol. The molecule has 3 aromatic rings. The van der Waals surface area contributed by atoms with Crippen molar-refractivity contribution in [3.8, 4) is 0 Å². The zero-order valence-corrected chi connectivity index (χ0v) is 13.0. The van der Waals surface area contributed by atoms with E-state index < -0.39 is 5.82 Å². The maximum atomic E-state index is 13.8. The number of benzene rings is 1. The van der Waals surface area contributed by atoms with Crippen molar-refractivity contribution >= 4 is 17.1 Å². The molecule has 4 rings (SSSR count). The molecule has 6 nitrogen and oxygen atoms in total. The molecule has 7 heteroatoms. The van der Waals surface area contributed by atoms with Crippen molar-refractivity contribution < 1.29 is 9.18 Å². The van der Waals surface area contributed by atoms with Crippen LogP contribution in [0.4, 0.5) is 4.39 Å². The molecule has 0 spiro atoms. The molecule has 1 saturated heterocycles. The molecule has 1 aliphatic rings. The highest BCUT2D eigenvalue weighted by molar-refractivity contribution is 5.94. The number of amides is 1. The van der Waals surface area contributed by atoms with Crippen molar-refractivity contribution in [1.82, 2.24) is 24.9 Å². The predicted octanol–water partition coefficient (Wildman–Crippen LogP) is 2.44. The SMILES string of the molecule is O=C(c1ccccc1F)N1CCC(n2nnc3cccnc32)CC1. The summed E-state index contributed by atoms with van der Waals surface area (Å²) < 4.78 is 15.6. The molecule has 1 aromatic carbocycles. The third kappa shape index (κ3) is 2.51. The number of hydrogen-bond donors (Lipinski definition) is 0. The summed E-state index contributed by atoms with van der Waals surface area (Å²) in [5.74, 6) is -0.732. The number of carbonyl (C=O) groups excluding carboxylic acids is 1. The van der Waals surface area contributed by atoms with Gasteiger partial charge in [0.25, 0.3) is 5.91 Å². The van der Waals surface area contributed by atoms with Crippen LogP contribution in [-0.4, -0.2) is 43.9 Å². The van der Waals surface area contributed by atoms with E-state index in [-0.39, 0.29) is 17.5 Å². The number of halogens is 1. The van der Waals surface area contributed by atoms with Crippen LogP contribution < -0.4 is 0 Å². The molecule has 122 valence electrons. The van der Waals surface area contributed by atoms with E-state index in [0.717, 1.165) is 24.0 Å². The molecule has 0 atom stereocenters. The fourth-order valence-corrected chi connectivity index (χ4v) is 3.15. The number of likely N-dealkylation sites (tertiary alicyclic amines) is 1. The van der Waals surface area contributed by atoms with Gasteiger partial charge in [0.2, 0.25) is 0 Å². The Labute approximate surface area is 137 Å². The number of hydrogen-bond acceptors (Lipinski definition) is 4. The standard InChI is InChI=1S/C17H16FN5O/c18-14-5-2-1-4-13(14)17(24)22-10-7-12(8-11-22)23-16-15(20-21-23)6-3-9-19-16/h1-6,9,12H,7-8,10-11H2. The number of aromatic nitrogens is 4. The van der Waals surface area contributed by atoms with Crippen LogP contribution in [0.2, 0.25) is 0 Å². The summed E-state index contributed by atoms with van der Waals surface area (Å²) in [7, 11) is 0. The van der Waals surface area contributed by atoms with E-state index in [1.165, 1.54) is 12.1 Å². The van der Waals surface area contributed by atoms with Gasteiger partial charge in [0.1, 0.15) is 11.3 Å². The number of pyridine rings is 1. The fourth-order valence-electron chi connectivity index (χ4n) is 3.15. The summed E-state index contributed by atoms with van der Waals surface area (Å²) in [5, 5.41) is 8.33. The Hall–Kier alpha value is -2.83. The number of fused-ring (bicyclic) bond motifs is 1. The van der Waals surface area contributed by atoms with Gasteiger partial charge < -0.3 is 4.90 Å². The number of nitrogens with zero attached hydrogens (tertiary/aromatic N) is 5. The molecule has 0 aliphatic carbocycles. The van der Waals surface area contributed by atoms with E-state index in [1.54, 1.807) is 23.2 Å². The largest absolute Gasteiger partial charge is 0.338 e. The van der Waals surface area contributed by atoms with Crippen LogP contribution in [0.1, 0.15) is 29.2 Å². The smallest absolute Gasteiger partial charge is 0.256 e. The van der Waals surface area contributed by atoms with E-state index in [1.807, 2.05) is 16.8 Å². The summed E-state index contributed by atoms with van der Waals surface area (Å²) in [6.45, 7) is 1.12. The first-order valence-electron chi connectivity index (χ1n) is 7.94. The van der Waals surface area contributed by atoms with Gasteiger partial charge in [0.05, 0.1) is 11.6 Å². The molecule has 0 N–H and O–H groups in total. The lowest BCUT2D eigenvalue weighted by atomic mass is 10.0. The van der Waals surface area contributed by atoms with E-state index in [0.29, 0.717) is 13.1 Å². The van der Waals surface area contributed by atoms with E-state index >= 15 is 0 Å². The minimum Gasteiger partial charge on any atom is -0.338 e. The summed E-state index contributed by atoms with van der Waals surface area (Å²) in [6.07, 6.45) is 3.21. The van der Waals surface area contributed by atoms with Crippen molar-refractivity contribution in [2.45, 2.75) is 18.9 Å². The first-order chi connectivity index (χ1) is 11.7. The van der Waals surface area contributed by atoms with Gasteiger partial charge in [-0.3, -0.25) is 4.79 Å². The lowest BCUT2D eigenvalue weighted by Gasteiger charge is -2.32. The zero-order chi connectivity index (χ0) is 16.5. The Kier molecular flexibility index (Phi) is 3.68. The molecular formula is C17H16FN5O. The molecule has 24 heavy (non-hydrogen) atoms. The minimum absolute atomic E-state index is 0.129. The second-order valence-electron chi connectivity index (χ2n) is 5.88. The first kappa shape index (κ1) is 14.7. The first-order valence-corrected chi connectivity index (χ1v) is 7.94. The van der Waals surface area contributed by atoms with Gasteiger partial charge in [-0.25, -0.2) is 14.1 Å². The molecule has 1 amide bonds. The highest BCUT2D eigenvalue weighted by Gasteiger charge is 2.27. The molecule has 0 bridgehead atoms. The van der Waals surface area contributed by atoms with Crippen LogP contribution in [0, 0.1) is 5.82 Å². The van der Waals surface area contributed by atoms with Gasteiger partial charge in [0, 0.05) is 19.3 Å². The molecule has 1 aliphatic heterocycles. The Balaban J connectivity index is 1.49. The fraction of sp³-hybridized carbons (Fsp3) is 0.294. The third-order valence-electron chi connectivity index (χ3n) is 4.43. The van der Waals surface area contributed by atoms with Gasteiger partial charge in [0.15, 0.2) is 5.65 Å². The zero-order valence-electron chi connectivity index (χ0n) is 13.0. The minimum atomic E-state index is -0.476. The second kappa shape index (κ2) is 5.99. The van der Waals surface area contributed by atoms with Crippen LogP contribution in [0.25, 0.3) is 11.2 Å². The van der Waals surface area contributed by atoms with E-state index in [4.69, 9.17) is 0 Å². The Morgan fingerprint density at radius 3 is 2.71 bits per heavy atom. The number of carbonyl (C=O) groups is 1. The second-order valence-corrected chi connectivity index (χ2v) is 5.88. The van der Waals surface area contributed by atoms with Crippen molar-refractivity contribution in [3.63, 3.8) is 0 Å². The van der Waals surface area contributed by atoms with Crippen LogP contribution >= 0.6 is 0 Å². The lowest BCUT2D eigenvalue weighted by Crippen LogP contribution is -2.39. The van der Waals surface area contributed by atoms with Gasteiger partial charge in [-0.15, -0.1) is 5.10 Å². The Morgan fingerprint density at radius 2 is 1.92 bits per heavy atom. The van der Waals surface area contributed by atoms with Gasteiger partial charge in [-0.1, -0.05) is 17.3 Å². The average molecular weight is 325 g/mol. The van der Waals surface area contributed by atoms with Crippen LogP contribution in [0.5, 0.6) is 0 Å².